The maximum absolute atomic E-state index is 12.9. The molecule has 0 spiro atoms. The summed E-state index contributed by atoms with van der Waals surface area (Å²) in [6.07, 6.45) is 4.72. The van der Waals surface area contributed by atoms with Crippen LogP contribution < -0.4 is 0 Å². The van der Waals surface area contributed by atoms with E-state index in [4.69, 9.17) is 0 Å². The van der Waals surface area contributed by atoms with Crippen molar-refractivity contribution in [2.75, 3.05) is 0 Å². The van der Waals surface area contributed by atoms with Gasteiger partial charge in [-0.1, -0.05) is 27.7 Å². The quantitative estimate of drug-likeness (QED) is 0.869. The first-order chi connectivity index (χ1) is 11.3. The van der Waals surface area contributed by atoms with E-state index in [1.807, 2.05) is 28.9 Å². The summed E-state index contributed by atoms with van der Waals surface area (Å²) in [6, 6.07) is 0. The molecule has 0 unspecified atom stereocenters. The Morgan fingerprint density at radius 1 is 1.29 bits per heavy atom. The molecule has 0 fully saturated rings. The Morgan fingerprint density at radius 3 is 2.71 bits per heavy atom. The topological polar surface area (TPSA) is 63.9 Å². The molecule has 0 N–H and O–H groups in total. The summed E-state index contributed by atoms with van der Waals surface area (Å²) >= 11 is 0. The van der Waals surface area contributed by atoms with Gasteiger partial charge in [0.05, 0.1) is 23.5 Å². The summed E-state index contributed by atoms with van der Waals surface area (Å²) in [6.45, 7) is 12.2. The van der Waals surface area contributed by atoms with Crippen LogP contribution in [0.4, 0.5) is 0 Å². The molecule has 0 saturated heterocycles. The van der Waals surface area contributed by atoms with Crippen molar-refractivity contribution >= 4 is 5.91 Å². The minimum absolute atomic E-state index is 0.0187. The number of carbonyl (C=O) groups excluding carboxylic acids is 1. The summed E-state index contributed by atoms with van der Waals surface area (Å²) < 4.78 is 1.85. The lowest BCUT2D eigenvalue weighted by Gasteiger charge is -2.16. The van der Waals surface area contributed by atoms with Crippen LogP contribution in [0.2, 0.25) is 0 Å². The smallest absolute Gasteiger partial charge is 0.257 e. The lowest BCUT2D eigenvalue weighted by molar-refractivity contribution is 0.0749. The van der Waals surface area contributed by atoms with Gasteiger partial charge in [0.2, 0.25) is 0 Å². The highest BCUT2D eigenvalue weighted by Crippen LogP contribution is 2.26. The first-order valence-electron chi connectivity index (χ1n) is 8.48. The summed E-state index contributed by atoms with van der Waals surface area (Å²) in [7, 11) is 0. The average molecular weight is 327 g/mol. The molecule has 0 atom stereocenters. The lowest BCUT2D eigenvalue weighted by Crippen LogP contribution is -2.25. The Morgan fingerprint density at radius 2 is 2.04 bits per heavy atom. The summed E-state index contributed by atoms with van der Waals surface area (Å²) in [5.41, 5.74) is 3.37. The minimum Gasteiger partial charge on any atom is -0.328 e. The van der Waals surface area contributed by atoms with Gasteiger partial charge in [-0.15, -0.1) is 0 Å². The summed E-state index contributed by atoms with van der Waals surface area (Å²) in [5, 5.41) is 4.43. The molecule has 3 heterocycles. The second-order valence-electron chi connectivity index (χ2n) is 7.47. The molecule has 2 aromatic rings. The van der Waals surface area contributed by atoms with E-state index in [0.717, 1.165) is 35.7 Å². The Kier molecular flexibility index (Phi) is 4.15. The monoisotopic (exact) mass is 327 g/mol. The molecule has 0 aliphatic carbocycles. The minimum atomic E-state index is -0.0929. The van der Waals surface area contributed by atoms with Crippen LogP contribution in [0.25, 0.3) is 0 Å². The van der Waals surface area contributed by atoms with Crippen molar-refractivity contribution in [2.45, 2.75) is 66.1 Å². The number of fused-ring (bicyclic) bond motifs is 1. The van der Waals surface area contributed by atoms with Crippen LogP contribution in [-0.4, -0.2) is 30.6 Å². The zero-order valence-corrected chi connectivity index (χ0v) is 15.1. The van der Waals surface area contributed by atoms with Gasteiger partial charge in [-0.05, 0) is 13.3 Å². The second kappa shape index (κ2) is 6.00. The molecule has 0 saturated carbocycles. The molecule has 3 rings (SSSR count). The molecule has 0 bridgehead atoms. The van der Waals surface area contributed by atoms with E-state index in [0.29, 0.717) is 18.7 Å². The Hall–Kier alpha value is -2.24. The van der Waals surface area contributed by atoms with Crippen molar-refractivity contribution in [1.29, 1.82) is 0 Å². The molecule has 0 radical (unpaired) electrons. The van der Waals surface area contributed by atoms with E-state index < -0.39 is 0 Å². The largest absolute Gasteiger partial charge is 0.328 e. The zero-order valence-electron chi connectivity index (χ0n) is 15.1. The van der Waals surface area contributed by atoms with Crippen molar-refractivity contribution in [3.8, 4) is 0 Å². The van der Waals surface area contributed by atoms with Crippen LogP contribution in [0, 0.1) is 6.92 Å². The number of rotatable bonds is 3. The highest BCUT2D eigenvalue weighted by molar-refractivity contribution is 5.95. The highest BCUT2D eigenvalue weighted by Gasteiger charge is 2.29. The third-order valence-corrected chi connectivity index (χ3v) is 4.24. The Bertz CT molecular complexity index is 772. The second-order valence-corrected chi connectivity index (χ2v) is 7.47. The molecule has 24 heavy (non-hydrogen) atoms. The Balaban J connectivity index is 1.81. The van der Waals surface area contributed by atoms with Crippen molar-refractivity contribution in [2.24, 2.45) is 0 Å². The molecule has 6 nitrogen and oxygen atoms in total. The predicted molar refractivity (Wildman–Crippen MR) is 91.6 cm³/mol. The van der Waals surface area contributed by atoms with Crippen molar-refractivity contribution in [3.63, 3.8) is 0 Å². The molecule has 1 aliphatic heterocycles. The number of hydrogen-bond donors (Lipinski definition) is 0. The Labute approximate surface area is 142 Å². The van der Waals surface area contributed by atoms with Gasteiger partial charge in [0.15, 0.2) is 0 Å². The number of aryl methyl sites for hydroxylation is 2. The standard InChI is InChI=1S/C18H25N5O/c1-6-7-23-10-14(12(2)21-23)16(24)22-9-13-8-19-17(18(3,4)5)20-15(13)11-22/h8,10H,6-7,9,11H2,1-5H3. The lowest BCUT2D eigenvalue weighted by atomic mass is 9.95. The fourth-order valence-electron chi connectivity index (χ4n) is 2.90. The van der Waals surface area contributed by atoms with E-state index in [1.165, 1.54) is 0 Å². The average Bonchev–Trinajstić information content (AvgIpc) is 3.08. The van der Waals surface area contributed by atoms with Crippen LogP contribution in [0.1, 0.15) is 67.2 Å². The first kappa shape index (κ1) is 16.6. The van der Waals surface area contributed by atoms with Gasteiger partial charge in [-0.25, -0.2) is 9.97 Å². The number of aromatic nitrogens is 4. The van der Waals surface area contributed by atoms with Crippen LogP contribution in [-0.2, 0) is 25.0 Å². The van der Waals surface area contributed by atoms with Gasteiger partial charge < -0.3 is 4.90 Å². The van der Waals surface area contributed by atoms with E-state index in [2.05, 4.69) is 42.8 Å². The van der Waals surface area contributed by atoms with E-state index in [-0.39, 0.29) is 11.3 Å². The molecule has 1 aliphatic rings. The fraction of sp³-hybridized carbons (Fsp3) is 0.556. The normalized spacial score (nSPS) is 14.1. The maximum atomic E-state index is 12.9. The zero-order chi connectivity index (χ0) is 17.5. The molecular weight excluding hydrogens is 302 g/mol. The fourth-order valence-corrected chi connectivity index (χ4v) is 2.90. The van der Waals surface area contributed by atoms with E-state index in [1.54, 1.807) is 0 Å². The molecule has 128 valence electrons. The third kappa shape index (κ3) is 3.05. The van der Waals surface area contributed by atoms with Crippen LogP contribution in [0.5, 0.6) is 0 Å². The van der Waals surface area contributed by atoms with Crippen molar-refractivity contribution in [3.05, 3.63) is 40.7 Å². The van der Waals surface area contributed by atoms with Gasteiger partial charge >= 0.3 is 0 Å². The predicted octanol–water partition coefficient (Wildman–Crippen LogP) is 2.85. The SMILES string of the molecule is CCCn1cc(C(=O)N2Cc3cnc(C(C)(C)C)nc3C2)c(C)n1. The maximum Gasteiger partial charge on any atom is 0.257 e. The number of nitrogens with zero attached hydrogens (tertiary/aromatic N) is 5. The van der Waals surface area contributed by atoms with Crippen LogP contribution in [0.3, 0.4) is 0 Å². The van der Waals surface area contributed by atoms with Crippen molar-refractivity contribution < 1.29 is 4.79 Å². The van der Waals surface area contributed by atoms with Gasteiger partial charge in [-0.2, -0.15) is 5.10 Å². The highest BCUT2D eigenvalue weighted by atomic mass is 16.2. The number of amides is 1. The van der Waals surface area contributed by atoms with Crippen molar-refractivity contribution in [1.82, 2.24) is 24.6 Å². The third-order valence-electron chi connectivity index (χ3n) is 4.24. The van der Waals surface area contributed by atoms with Gasteiger partial charge in [0, 0.05) is 36.5 Å². The number of carbonyl (C=O) groups is 1. The van der Waals surface area contributed by atoms with Gasteiger partial charge in [0.25, 0.3) is 5.91 Å². The summed E-state index contributed by atoms with van der Waals surface area (Å²) in [5.74, 6) is 0.840. The van der Waals surface area contributed by atoms with Gasteiger partial charge in [-0.3, -0.25) is 9.48 Å². The molecule has 1 amide bonds. The molecule has 2 aromatic heterocycles. The molecule has 6 heteroatoms. The van der Waals surface area contributed by atoms with Crippen LogP contribution >= 0.6 is 0 Å². The first-order valence-corrected chi connectivity index (χ1v) is 8.48. The molecule has 0 aromatic carbocycles. The van der Waals surface area contributed by atoms with Gasteiger partial charge in [0.1, 0.15) is 5.82 Å². The number of hydrogen-bond acceptors (Lipinski definition) is 4. The van der Waals surface area contributed by atoms with E-state index in [9.17, 15) is 4.79 Å². The van der Waals surface area contributed by atoms with E-state index >= 15 is 0 Å². The molecular formula is C18H25N5O. The van der Waals surface area contributed by atoms with Crippen LogP contribution in [0.15, 0.2) is 12.4 Å². The summed E-state index contributed by atoms with van der Waals surface area (Å²) in [4.78, 5) is 23.8.